The second-order valence-electron chi connectivity index (χ2n) is 4.77. The fraction of sp³-hybridized carbons (Fsp3) is 0.250. The summed E-state index contributed by atoms with van der Waals surface area (Å²) < 4.78 is 5.56. The lowest BCUT2D eigenvalue weighted by Crippen LogP contribution is -2.02. The summed E-state index contributed by atoms with van der Waals surface area (Å²) in [5.74, 6) is 0.116. The third kappa shape index (κ3) is 3.73. The second kappa shape index (κ2) is 6.59. The average Bonchev–Trinajstić information content (AvgIpc) is 2.49. The molecule has 0 aliphatic heterocycles. The Morgan fingerprint density at radius 2 is 1.95 bits per heavy atom. The standard InChI is InChI=1S/C16H16ClNO3/c1-3-10(2)11-4-6-12(7-5-11)21-14-9-8-13(17)15(18-14)16(19)20/h4-10H,3H2,1-2H3,(H,19,20). The maximum Gasteiger partial charge on any atom is 0.356 e. The van der Waals surface area contributed by atoms with Crippen LogP contribution in [-0.4, -0.2) is 16.1 Å². The lowest BCUT2D eigenvalue weighted by atomic mass is 9.99. The summed E-state index contributed by atoms with van der Waals surface area (Å²) in [6.07, 6.45) is 1.07. The van der Waals surface area contributed by atoms with E-state index >= 15 is 0 Å². The second-order valence-corrected chi connectivity index (χ2v) is 5.17. The van der Waals surface area contributed by atoms with Crippen LogP contribution >= 0.6 is 11.6 Å². The predicted molar refractivity (Wildman–Crippen MR) is 81.4 cm³/mol. The molecule has 0 fully saturated rings. The number of hydrogen-bond donors (Lipinski definition) is 1. The highest BCUT2D eigenvalue weighted by molar-refractivity contribution is 6.33. The summed E-state index contributed by atoms with van der Waals surface area (Å²) in [5, 5.41) is 9.06. The van der Waals surface area contributed by atoms with Gasteiger partial charge >= 0.3 is 5.97 Å². The van der Waals surface area contributed by atoms with Gasteiger partial charge in [0.1, 0.15) is 5.75 Å². The van der Waals surface area contributed by atoms with E-state index in [9.17, 15) is 4.79 Å². The summed E-state index contributed by atoms with van der Waals surface area (Å²) in [6, 6.07) is 10.7. The van der Waals surface area contributed by atoms with Gasteiger partial charge < -0.3 is 9.84 Å². The van der Waals surface area contributed by atoms with Gasteiger partial charge in [0.2, 0.25) is 5.88 Å². The Labute approximate surface area is 128 Å². The SMILES string of the molecule is CCC(C)c1ccc(Oc2ccc(Cl)c(C(=O)O)n2)cc1. The first-order valence-corrected chi connectivity index (χ1v) is 7.06. The molecule has 21 heavy (non-hydrogen) atoms. The normalized spacial score (nSPS) is 12.0. The van der Waals surface area contributed by atoms with Crippen LogP contribution in [0, 0.1) is 0 Å². The molecule has 0 amide bonds. The molecule has 2 aromatic rings. The molecule has 0 saturated carbocycles. The predicted octanol–water partition coefficient (Wildman–Crippen LogP) is 4.74. The van der Waals surface area contributed by atoms with Crippen LogP contribution in [0.3, 0.4) is 0 Å². The van der Waals surface area contributed by atoms with Crippen molar-refractivity contribution in [3.63, 3.8) is 0 Å². The van der Waals surface area contributed by atoms with Crippen molar-refractivity contribution in [2.24, 2.45) is 0 Å². The van der Waals surface area contributed by atoms with Crippen molar-refractivity contribution < 1.29 is 14.6 Å². The number of hydrogen-bond acceptors (Lipinski definition) is 3. The largest absolute Gasteiger partial charge is 0.476 e. The highest BCUT2D eigenvalue weighted by Crippen LogP contribution is 2.26. The molecule has 4 nitrogen and oxygen atoms in total. The minimum absolute atomic E-state index is 0.0852. The quantitative estimate of drug-likeness (QED) is 0.866. The summed E-state index contributed by atoms with van der Waals surface area (Å²) in [7, 11) is 0. The molecule has 0 aliphatic rings. The first kappa shape index (κ1) is 15.3. The molecule has 1 N–H and O–H groups in total. The number of aromatic nitrogens is 1. The van der Waals surface area contributed by atoms with E-state index in [-0.39, 0.29) is 16.6 Å². The number of pyridine rings is 1. The maximum atomic E-state index is 11.0. The topological polar surface area (TPSA) is 59.4 Å². The molecule has 1 aromatic carbocycles. The van der Waals surface area contributed by atoms with Crippen molar-refractivity contribution in [3.8, 4) is 11.6 Å². The van der Waals surface area contributed by atoms with Gasteiger partial charge in [0, 0.05) is 6.07 Å². The van der Waals surface area contributed by atoms with Gasteiger partial charge in [-0.15, -0.1) is 0 Å². The van der Waals surface area contributed by atoms with E-state index in [1.165, 1.54) is 17.7 Å². The zero-order chi connectivity index (χ0) is 15.4. The van der Waals surface area contributed by atoms with Crippen LogP contribution in [0.5, 0.6) is 11.6 Å². The number of benzene rings is 1. The number of carboxylic acid groups (broad SMARTS) is 1. The first-order chi connectivity index (χ1) is 10.0. The number of halogens is 1. The first-order valence-electron chi connectivity index (χ1n) is 6.69. The molecule has 1 heterocycles. The van der Waals surface area contributed by atoms with Crippen molar-refractivity contribution in [1.29, 1.82) is 0 Å². The highest BCUT2D eigenvalue weighted by Gasteiger charge is 2.12. The zero-order valence-corrected chi connectivity index (χ0v) is 12.6. The van der Waals surface area contributed by atoms with Gasteiger partial charge in [0.05, 0.1) is 5.02 Å². The smallest absolute Gasteiger partial charge is 0.356 e. The number of carbonyl (C=O) groups is 1. The molecule has 0 aliphatic carbocycles. The van der Waals surface area contributed by atoms with Gasteiger partial charge in [-0.25, -0.2) is 9.78 Å². The number of carboxylic acids is 1. The van der Waals surface area contributed by atoms with E-state index in [1.807, 2.05) is 24.3 Å². The van der Waals surface area contributed by atoms with E-state index in [4.69, 9.17) is 21.4 Å². The van der Waals surface area contributed by atoms with E-state index in [1.54, 1.807) is 0 Å². The van der Waals surface area contributed by atoms with Crippen LogP contribution in [0.25, 0.3) is 0 Å². The van der Waals surface area contributed by atoms with Crippen LogP contribution in [0.15, 0.2) is 36.4 Å². The molecule has 0 radical (unpaired) electrons. The Bertz CT molecular complexity index is 640. The number of ether oxygens (including phenoxy) is 1. The molecule has 1 aromatic heterocycles. The molecule has 1 atom stereocenters. The van der Waals surface area contributed by atoms with Crippen LogP contribution in [0.4, 0.5) is 0 Å². The van der Waals surface area contributed by atoms with E-state index in [0.29, 0.717) is 11.7 Å². The van der Waals surface area contributed by atoms with Crippen molar-refractivity contribution >= 4 is 17.6 Å². The maximum absolute atomic E-state index is 11.0. The number of rotatable bonds is 5. The van der Waals surface area contributed by atoms with Gasteiger partial charge in [-0.1, -0.05) is 37.6 Å². The van der Waals surface area contributed by atoms with Gasteiger partial charge in [-0.2, -0.15) is 0 Å². The van der Waals surface area contributed by atoms with E-state index in [0.717, 1.165) is 6.42 Å². The fourth-order valence-corrected chi connectivity index (χ4v) is 2.04. The van der Waals surface area contributed by atoms with Crippen LogP contribution < -0.4 is 4.74 Å². The van der Waals surface area contributed by atoms with Crippen LogP contribution in [0.1, 0.15) is 42.2 Å². The Kier molecular flexibility index (Phi) is 4.81. The van der Waals surface area contributed by atoms with Gasteiger partial charge in [-0.05, 0) is 36.1 Å². The minimum Gasteiger partial charge on any atom is -0.476 e. The fourth-order valence-electron chi connectivity index (χ4n) is 1.85. The molecule has 2 rings (SSSR count). The minimum atomic E-state index is -1.18. The van der Waals surface area contributed by atoms with Crippen LogP contribution in [-0.2, 0) is 0 Å². The van der Waals surface area contributed by atoms with Gasteiger partial charge in [0.25, 0.3) is 0 Å². The molecular formula is C16H16ClNO3. The van der Waals surface area contributed by atoms with Crippen molar-refractivity contribution in [3.05, 3.63) is 52.7 Å². The van der Waals surface area contributed by atoms with E-state index < -0.39 is 5.97 Å². The van der Waals surface area contributed by atoms with Crippen molar-refractivity contribution in [2.75, 3.05) is 0 Å². The lowest BCUT2D eigenvalue weighted by molar-refractivity contribution is 0.0690. The highest BCUT2D eigenvalue weighted by atomic mass is 35.5. The van der Waals surface area contributed by atoms with E-state index in [2.05, 4.69) is 18.8 Å². The Hall–Kier alpha value is -2.07. The molecule has 1 unspecified atom stereocenters. The van der Waals surface area contributed by atoms with Crippen molar-refractivity contribution in [1.82, 2.24) is 4.98 Å². The monoisotopic (exact) mass is 305 g/mol. The number of aromatic carboxylic acids is 1. The summed E-state index contributed by atoms with van der Waals surface area (Å²) >= 11 is 5.77. The Morgan fingerprint density at radius 1 is 1.29 bits per heavy atom. The third-order valence-corrected chi connectivity index (χ3v) is 3.61. The molecule has 0 bridgehead atoms. The lowest BCUT2D eigenvalue weighted by Gasteiger charge is -2.10. The van der Waals surface area contributed by atoms with Gasteiger partial charge in [0.15, 0.2) is 5.69 Å². The zero-order valence-electron chi connectivity index (χ0n) is 11.8. The average molecular weight is 306 g/mol. The molecular weight excluding hydrogens is 290 g/mol. The molecule has 0 saturated heterocycles. The Balaban J connectivity index is 2.18. The van der Waals surface area contributed by atoms with Crippen molar-refractivity contribution in [2.45, 2.75) is 26.2 Å². The number of nitrogens with zero attached hydrogens (tertiary/aromatic N) is 1. The molecule has 5 heteroatoms. The third-order valence-electron chi connectivity index (χ3n) is 3.31. The van der Waals surface area contributed by atoms with Crippen LogP contribution in [0.2, 0.25) is 5.02 Å². The summed E-state index contributed by atoms with van der Waals surface area (Å²) in [5.41, 5.74) is 1.02. The summed E-state index contributed by atoms with van der Waals surface area (Å²) in [4.78, 5) is 14.9. The van der Waals surface area contributed by atoms with Gasteiger partial charge in [-0.3, -0.25) is 0 Å². The molecule has 0 spiro atoms. The molecule has 110 valence electrons. The summed E-state index contributed by atoms with van der Waals surface area (Å²) in [6.45, 7) is 4.30. The Morgan fingerprint density at radius 3 is 2.52 bits per heavy atom.